The molecule has 0 aliphatic rings. The van der Waals surface area contributed by atoms with E-state index < -0.39 is 0 Å². The number of hydrogen-bond acceptors (Lipinski definition) is 2. The van der Waals surface area contributed by atoms with Crippen molar-refractivity contribution >= 4 is 22.9 Å². The lowest BCUT2D eigenvalue weighted by Crippen LogP contribution is -2.19. The van der Waals surface area contributed by atoms with Gasteiger partial charge in [-0.25, -0.2) is 0 Å². The summed E-state index contributed by atoms with van der Waals surface area (Å²) in [5, 5.41) is 4.36. The van der Waals surface area contributed by atoms with Gasteiger partial charge in [-0.15, -0.1) is 11.3 Å². The van der Waals surface area contributed by atoms with Crippen molar-refractivity contribution in [1.82, 2.24) is 5.32 Å². The van der Waals surface area contributed by atoms with Crippen LogP contribution in [0.25, 0.3) is 10.4 Å². The van der Waals surface area contributed by atoms with Crippen LogP contribution in [0.5, 0.6) is 0 Å². The highest BCUT2D eigenvalue weighted by atomic mass is 35.5. The number of hydrogen-bond donors (Lipinski definition) is 1. The Hall–Kier alpha value is -0.830. The molecule has 1 atom stereocenters. The van der Waals surface area contributed by atoms with Crippen molar-refractivity contribution in [3.8, 4) is 10.4 Å². The zero-order valence-corrected chi connectivity index (χ0v) is 13.0. The zero-order valence-electron chi connectivity index (χ0n) is 11.4. The summed E-state index contributed by atoms with van der Waals surface area (Å²) in [5.41, 5.74) is 1.20. The van der Waals surface area contributed by atoms with E-state index in [9.17, 15) is 0 Å². The van der Waals surface area contributed by atoms with Gasteiger partial charge in [0.2, 0.25) is 0 Å². The number of nitrogens with one attached hydrogen (secondary N) is 1. The van der Waals surface area contributed by atoms with E-state index >= 15 is 0 Å². The lowest BCUT2D eigenvalue weighted by molar-refractivity contribution is 0.516. The molecular formula is C16H20ClNS. The Labute approximate surface area is 124 Å². The Morgan fingerprint density at radius 1 is 1.21 bits per heavy atom. The fourth-order valence-corrected chi connectivity index (χ4v) is 3.52. The van der Waals surface area contributed by atoms with Gasteiger partial charge < -0.3 is 5.32 Å². The van der Waals surface area contributed by atoms with Crippen molar-refractivity contribution in [2.24, 2.45) is 0 Å². The van der Waals surface area contributed by atoms with Crippen LogP contribution in [-0.4, -0.2) is 6.54 Å². The summed E-state index contributed by atoms with van der Waals surface area (Å²) in [7, 11) is 0. The summed E-state index contributed by atoms with van der Waals surface area (Å²) in [6.45, 7) is 5.40. The van der Waals surface area contributed by atoms with E-state index in [0.717, 1.165) is 11.6 Å². The fraction of sp³-hybridized carbons (Fsp3) is 0.375. The normalized spacial score (nSPS) is 12.6. The first-order valence-electron chi connectivity index (χ1n) is 6.83. The van der Waals surface area contributed by atoms with E-state index in [2.05, 4.69) is 37.4 Å². The molecule has 0 saturated heterocycles. The van der Waals surface area contributed by atoms with Crippen LogP contribution in [-0.2, 0) is 0 Å². The van der Waals surface area contributed by atoms with Crippen molar-refractivity contribution in [2.75, 3.05) is 6.54 Å². The largest absolute Gasteiger partial charge is 0.310 e. The van der Waals surface area contributed by atoms with Crippen LogP contribution in [0.2, 0.25) is 5.02 Å². The van der Waals surface area contributed by atoms with E-state index in [1.54, 1.807) is 0 Å². The van der Waals surface area contributed by atoms with Crippen molar-refractivity contribution in [1.29, 1.82) is 0 Å². The van der Waals surface area contributed by atoms with E-state index in [4.69, 9.17) is 11.6 Å². The lowest BCUT2D eigenvalue weighted by atomic mass is 10.1. The molecule has 0 aliphatic carbocycles. The maximum atomic E-state index is 6.06. The van der Waals surface area contributed by atoms with Crippen LogP contribution >= 0.6 is 22.9 Å². The van der Waals surface area contributed by atoms with Gasteiger partial charge in [-0.3, -0.25) is 0 Å². The van der Waals surface area contributed by atoms with Gasteiger partial charge in [0, 0.05) is 20.8 Å². The Morgan fingerprint density at radius 3 is 2.74 bits per heavy atom. The van der Waals surface area contributed by atoms with E-state index in [1.165, 1.54) is 28.2 Å². The van der Waals surface area contributed by atoms with Gasteiger partial charge in [0.25, 0.3) is 0 Å². The Bertz CT molecular complexity index is 515. The molecule has 0 aliphatic heterocycles. The molecule has 3 heteroatoms. The summed E-state index contributed by atoms with van der Waals surface area (Å²) in [5.74, 6) is 0. The molecule has 2 aromatic rings. The van der Waals surface area contributed by atoms with E-state index in [0.29, 0.717) is 6.04 Å². The smallest absolute Gasteiger partial charge is 0.0414 e. The van der Waals surface area contributed by atoms with E-state index in [-0.39, 0.29) is 0 Å². The van der Waals surface area contributed by atoms with Crippen LogP contribution in [0.3, 0.4) is 0 Å². The van der Waals surface area contributed by atoms with Crippen molar-refractivity contribution in [2.45, 2.75) is 32.7 Å². The Kier molecular flexibility index (Phi) is 5.44. The molecule has 1 aromatic heterocycles. The fourth-order valence-electron chi connectivity index (χ4n) is 2.22. The maximum Gasteiger partial charge on any atom is 0.0414 e. The molecule has 1 unspecified atom stereocenters. The SMILES string of the molecule is CCCC(NCC)c1ccc(-c2cccc(Cl)c2)s1. The zero-order chi connectivity index (χ0) is 13.7. The first-order valence-corrected chi connectivity index (χ1v) is 8.03. The molecule has 1 heterocycles. The van der Waals surface area contributed by atoms with Gasteiger partial charge in [0.15, 0.2) is 0 Å². The average molecular weight is 294 g/mol. The third-order valence-electron chi connectivity index (χ3n) is 3.11. The van der Waals surface area contributed by atoms with Crippen LogP contribution in [0.4, 0.5) is 0 Å². The highest BCUT2D eigenvalue weighted by Gasteiger charge is 2.12. The van der Waals surface area contributed by atoms with Gasteiger partial charge in [-0.1, -0.05) is 44.0 Å². The minimum absolute atomic E-state index is 0.480. The van der Waals surface area contributed by atoms with Crippen LogP contribution in [0, 0.1) is 0 Å². The molecule has 1 N–H and O–H groups in total. The molecule has 0 spiro atoms. The van der Waals surface area contributed by atoms with Crippen LogP contribution < -0.4 is 5.32 Å². The Balaban J connectivity index is 2.22. The second-order valence-corrected chi connectivity index (χ2v) is 6.16. The molecule has 0 radical (unpaired) electrons. The monoisotopic (exact) mass is 293 g/mol. The Morgan fingerprint density at radius 2 is 2.05 bits per heavy atom. The van der Waals surface area contributed by atoms with Gasteiger partial charge >= 0.3 is 0 Å². The van der Waals surface area contributed by atoms with Crippen LogP contribution in [0.1, 0.15) is 37.6 Å². The third kappa shape index (κ3) is 3.82. The number of benzene rings is 1. The topological polar surface area (TPSA) is 12.0 Å². The number of halogens is 1. The highest BCUT2D eigenvalue weighted by molar-refractivity contribution is 7.15. The minimum Gasteiger partial charge on any atom is -0.310 e. The summed E-state index contributed by atoms with van der Waals surface area (Å²) in [6.07, 6.45) is 2.38. The molecule has 102 valence electrons. The predicted octanol–water partition coefficient (Wildman–Crippen LogP) is 5.52. The summed E-state index contributed by atoms with van der Waals surface area (Å²) in [6, 6.07) is 13.0. The van der Waals surface area contributed by atoms with Crippen molar-refractivity contribution < 1.29 is 0 Å². The standard InChI is InChI=1S/C16H20ClNS/c1-3-6-14(18-4-2)16-10-9-15(19-16)12-7-5-8-13(17)11-12/h5,7-11,14,18H,3-4,6H2,1-2H3. The lowest BCUT2D eigenvalue weighted by Gasteiger charge is -2.15. The summed E-state index contributed by atoms with van der Waals surface area (Å²) < 4.78 is 0. The third-order valence-corrected chi connectivity index (χ3v) is 4.59. The van der Waals surface area contributed by atoms with Gasteiger partial charge in [-0.05, 0) is 42.8 Å². The number of thiophene rings is 1. The minimum atomic E-state index is 0.480. The molecule has 0 fully saturated rings. The van der Waals surface area contributed by atoms with Gasteiger partial charge in [-0.2, -0.15) is 0 Å². The second kappa shape index (κ2) is 7.09. The average Bonchev–Trinajstić information content (AvgIpc) is 2.88. The van der Waals surface area contributed by atoms with E-state index in [1.807, 2.05) is 29.5 Å². The molecule has 1 nitrogen and oxygen atoms in total. The molecule has 0 bridgehead atoms. The van der Waals surface area contributed by atoms with Crippen molar-refractivity contribution in [3.05, 3.63) is 46.3 Å². The molecule has 0 amide bonds. The maximum absolute atomic E-state index is 6.06. The molecule has 1 aromatic carbocycles. The quantitative estimate of drug-likeness (QED) is 0.739. The first kappa shape index (κ1) is 14.6. The summed E-state index contributed by atoms with van der Waals surface area (Å²) >= 11 is 7.92. The molecule has 19 heavy (non-hydrogen) atoms. The second-order valence-electron chi connectivity index (χ2n) is 4.61. The summed E-state index contributed by atoms with van der Waals surface area (Å²) in [4.78, 5) is 2.70. The van der Waals surface area contributed by atoms with Gasteiger partial charge in [0.05, 0.1) is 0 Å². The van der Waals surface area contributed by atoms with Gasteiger partial charge in [0.1, 0.15) is 0 Å². The molecule has 0 saturated carbocycles. The number of rotatable bonds is 6. The highest BCUT2D eigenvalue weighted by Crippen LogP contribution is 2.33. The molecule has 2 rings (SSSR count). The predicted molar refractivity (Wildman–Crippen MR) is 86.1 cm³/mol. The van der Waals surface area contributed by atoms with Crippen molar-refractivity contribution in [3.63, 3.8) is 0 Å². The first-order chi connectivity index (χ1) is 9.24. The molecular weight excluding hydrogens is 274 g/mol. The van der Waals surface area contributed by atoms with Crippen LogP contribution in [0.15, 0.2) is 36.4 Å².